The first-order valence-corrected chi connectivity index (χ1v) is 6.52. The zero-order chi connectivity index (χ0) is 13.7. The Morgan fingerprint density at radius 1 is 1.53 bits per heavy atom. The molecule has 0 saturated carbocycles. The van der Waals surface area contributed by atoms with Gasteiger partial charge < -0.3 is 4.74 Å². The van der Waals surface area contributed by atoms with Crippen LogP contribution in [0.5, 0.6) is 0 Å². The number of methoxy groups -OCH3 is 1. The predicted octanol–water partition coefficient (Wildman–Crippen LogP) is 1.94. The molecule has 1 aliphatic rings. The smallest absolute Gasteiger partial charge is 0.309 e. The van der Waals surface area contributed by atoms with Crippen LogP contribution in [0.1, 0.15) is 24.0 Å². The zero-order valence-electron chi connectivity index (χ0n) is 11.1. The largest absolute Gasteiger partial charge is 0.469 e. The van der Waals surface area contributed by atoms with Crippen molar-refractivity contribution < 1.29 is 9.53 Å². The molecule has 0 aromatic heterocycles. The normalized spacial score (nSPS) is 19.7. The number of ether oxygens (including phenoxy) is 1. The summed E-state index contributed by atoms with van der Waals surface area (Å²) < 4.78 is 4.82. The molecule has 0 N–H and O–H groups in total. The number of carbonyl (C=O) groups excluding carboxylic acids is 1. The molecule has 1 heterocycles. The first-order chi connectivity index (χ1) is 9.24. The van der Waals surface area contributed by atoms with Crippen LogP contribution in [0.25, 0.3) is 0 Å². The van der Waals surface area contributed by atoms with E-state index in [2.05, 4.69) is 11.0 Å². The number of likely N-dealkylation sites (tertiary alicyclic amines) is 1. The Labute approximate surface area is 113 Å². The van der Waals surface area contributed by atoms with Gasteiger partial charge in [-0.15, -0.1) is 0 Å². The van der Waals surface area contributed by atoms with E-state index in [9.17, 15) is 4.79 Å². The van der Waals surface area contributed by atoms with Crippen LogP contribution in [0.4, 0.5) is 0 Å². The van der Waals surface area contributed by atoms with Gasteiger partial charge in [-0.25, -0.2) is 0 Å². The topological polar surface area (TPSA) is 53.3 Å². The van der Waals surface area contributed by atoms with Crippen molar-refractivity contribution in [2.24, 2.45) is 5.92 Å². The number of carbonyl (C=O) groups is 1. The molecule has 0 bridgehead atoms. The van der Waals surface area contributed by atoms with Crippen LogP contribution in [0.2, 0.25) is 0 Å². The first-order valence-electron chi connectivity index (χ1n) is 6.52. The average Bonchev–Trinajstić information content (AvgIpc) is 2.47. The van der Waals surface area contributed by atoms with Crippen molar-refractivity contribution in [3.8, 4) is 6.07 Å². The van der Waals surface area contributed by atoms with Crippen molar-refractivity contribution >= 4 is 5.97 Å². The molecule has 0 amide bonds. The van der Waals surface area contributed by atoms with Crippen molar-refractivity contribution in [3.05, 3.63) is 35.4 Å². The molecule has 2 rings (SSSR count). The van der Waals surface area contributed by atoms with Crippen LogP contribution in [0.3, 0.4) is 0 Å². The Kier molecular flexibility index (Phi) is 4.53. The summed E-state index contributed by atoms with van der Waals surface area (Å²) in [5, 5.41) is 9.08. The van der Waals surface area contributed by atoms with Gasteiger partial charge in [-0.3, -0.25) is 9.69 Å². The fraction of sp³-hybridized carbons (Fsp3) is 0.467. The van der Waals surface area contributed by atoms with E-state index >= 15 is 0 Å². The minimum Gasteiger partial charge on any atom is -0.469 e. The molecule has 4 nitrogen and oxygen atoms in total. The van der Waals surface area contributed by atoms with Gasteiger partial charge in [0.05, 0.1) is 24.7 Å². The van der Waals surface area contributed by atoms with E-state index in [-0.39, 0.29) is 11.9 Å². The summed E-state index contributed by atoms with van der Waals surface area (Å²) in [4.78, 5) is 13.8. The second-order valence-corrected chi connectivity index (χ2v) is 4.87. The third-order valence-corrected chi connectivity index (χ3v) is 3.57. The maximum atomic E-state index is 11.6. The van der Waals surface area contributed by atoms with Crippen LogP contribution in [0, 0.1) is 17.2 Å². The van der Waals surface area contributed by atoms with Crippen LogP contribution in [-0.2, 0) is 16.1 Å². The summed E-state index contributed by atoms with van der Waals surface area (Å²) >= 11 is 0. The molecular formula is C15H18N2O2. The Morgan fingerprint density at radius 3 is 3.05 bits per heavy atom. The molecular weight excluding hydrogens is 240 g/mol. The zero-order valence-corrected chi connectivity index (χ0v) is 11.1. The van der Waals surface area contributed by atoms with Gasteiger partial charge >= 0.3 is 5.97 Å². The van der Waals surface area contributed by atoms with Crippen LogP contribution in [-0.4, -0.2) is 31.1 Å². The average molecular weight is 258 g/mol. The lowest BCUT2D eigenvalue weighted by molar-refractivity contribution is -0.147. The second kappa shape index (κ2) is 6.35. The van der Waals surface area contributed by atoms with Crippen LogP contribution in [0.15, 0.2) is 24.3 Å². The summed E-state index contributed by atoms with van der Waals surface area (Å²) in [5.74, 6) is -0.161. The summed E-state index contributed by atoms with van der Waals surface area (Å²) in [6.45, 7) is 2.40. The lowest BCUT2D eigenvalue weighted by atomic mass is 9.97. The summed E-state index contributed by atoms with van der Waals surface area (Å²) in [5.41, 5.74) is 1.73. The van der Waals surface area contributed by atoms with Gasteiger partial charge in [0.1, 0.15) is 0 Å². The number of nitrogens with zero attached hydrogens (tertiary/aromatic N) is 2. The lowest BCUT2D eigenvalue weighted by Gasteiger charge is -2.31. The quantitative estimate of drug-likeness (QED) is 0.777. The maximum absolute atomic E-state index is 11.6. The lowest BCUT2D eigenvalue weighted by Crippen LogP contribution is -2.38. The minimum absolute atomic E-state index is 0.0343. The highest BCUT2D eigenvalue weighted by Gasteiger charge is 2.26. The molecule has 1 aromatic carbocycles. The standard InChI is InChI=1S/C15H18N2O2/c1-19-15(18)14-7-4-8-17(11-14)10-13-6-3-2-5-12(13)9-16/h2-3,5-6,14H,4,7-8,10-11H2,1H3/t14-/m0/s1. The van der Waals surface area contributed by atoms with E-state index in [0.717, 1.165) is 31.5 Å². The van der Waals surface area contributed by atoms with Crippen molar-refractivity contribution in [2.75, 3.05) is 20.2 Å². The van der Waals surface area contributed by atoms with E-state index in [1.807, 2.05) is 24.3 Å². The molecule has 0 aliphatic carbocycles. The number of esters is 1. The Balaban J connectivity index is 2.03. The second-order valence-electron chi connectivity index (χ2n) is 4.87. The molecule has 1 atom stereocenters. The molecule has 1 fully saturated rings. The predicted molar refractivity (Wildman–Crippen MR) is 71.2 cm³/mol. The molecule has 1 aromatic rings. The monoisotopic (exact) mass is 258 g/mol. The molecule has 0 spiro atoms. The number of hydrogen-bond donors (Lipinski definition) is 0. The molecule has 0 radical (unpaired) electrons. The number of nitriles is 1. The third kappa shape index (κ3) is 3.33. The number of hydrogen-bond acceptors (Lipinski definition) is 4. The van der Waals surface area contributed by atoms with Gasteiger partial charge in [-0.05, 0) is 31.0 Å². The first kappa shape index (κ1) is 13.6. The van der Waals surface area contributed by atoms with E-state index in [0.29, 0.717) is 12.1 Å². The Morgan fingerprint density at radius 2 is 2.32 bits per heavy atom. The van der Waals surface area contributed by atoms with E-state index in [1.54, 1.807) is 0 Å². The molecule has 1 saturated heterocycles. The van der Waals surface area contributed by atoms with Gasteiger partial charge in [0.25, 0.3) is 0 Å². The number of piperidine rings is 1. The van der Waals surface area contributed by atoms with Crippen molar-refractivity contribution in [1.29, 1.82) is 5.26 Å². The highest BCUT2D eigenvalue weighted by atomic mass is 16.5. The SMILES string of the molecule is COC(=O)[C@H]1CCCN(Cc2ccccc2C#N)C1. The van der Waals surface area contributed by atoms with Gasteiger partial charge in [-0.1, -0.05) is 18.2 Å². The summed E-state index contributed by atoms with van der Waals surface area (Å²) in [7, 11) is 1.44. The van der Waals surface area contributed by atoms with E-state index < -0.39 is 0 Å². The van der Waals surface area contributed by atoms with Gasteiger partial charge in [-0.2, -0.15) is 5.26 Å². The molecule has 4 heteroatoms. The van der Waals surface area contributed by atoms with Gasteiger partial charge in [0.2, 0.25) is 0 Å². The minimum atomic E-state index is -0.127. The van der Waals surface area contributed by atoms with Crippen molar-refractivity contribution in [2.45, 2.75) is 19.4 Å². The summed E-state index contributed by atoms with van der Waals surface area (Å²) in [6, 6.07) is 9.83. The molecule has 100 valence electrons. The van der Waals surface area contributed by atoms with Gasteiger partial charge in [0.15, 0.2) is 0 Å². The van der Waals surface area contributed by atoms with Gasteiger partial charge in [0, 0.05) is 13.1 Å². The third-order valence-electron chi connectivity index (χ3n) is 3.57. The number of benzene rings is 1. The van der Waals surface area contributed by atoms with E-state index in [1.165, 1.54) is 7.11 Å². The maximum Gasteiger partial charge on any atom is 0.309 e. The molecule has 0 unspecified atom stereocenters. The molecule has 19 heavy (non-hydrogen) atoms. The highest BCUT2D eigenvalue weighted by molar-refractivity contribution is 5.72. The van der Waals surface area contributed by atoms with Crippen LogP contribution < -0.4 is 0 Å². The molecule has 1 aliphatic heterocycles. The van der Waals surface area contributed by atoms with Crippen molar-refractivity contribution in [1.82, 2.24) is 4.90 Å². The van der Waals surface area contributed by atoms with E-state index in [4.69, 9.17) is 10.00 Å². The highest BCUT2D eigenvalue weighted by Crippen LogP contribution is 2.20. The fourth-order valence-electron chi connectivity index (χ4n) is 2.57. The number of rotatable bonds is 3. The fourth-order valence-corrected chi connectivity index (χ4v) is 2.57. The Hall–Kier alpha value is -1.86. The summed E-state index contributed by atoms with van der Waals surface area (Å²) in [6.07, 6.45) is 1.89. The van der Waals surface area contributed by atoms with Crippen LogP contribution >= 0.6 is 0 Å². The Bertz CT molecular complexity index is 493. The van der Waals surface area contributed by atoms with Crippen molar-refractivity contribution in [3.63, 3.8) is 0 Å².